The minimum atomic E-state index is -0.0132. The van der Waals surface area contributed by atoms with Gasteiger partial charge in [0.1, 0.15) is 10.6 Å². The highest BCUT2D eigenvalue weighted by molar-refractivity contribution is 7.98. The second-order valence-electron chi connectivity index (χ2n) is 7.94. The first-order valence-corrected chi connectivity index (χ1v) is 12.7. The molecule has 2 aromatic carbocycles. The Morgan fingerprint density at radius 1 is 1.12 bits per heavy atom. The molecule has 0 N–H and O–H groups in total. The van der Waals surface area contributed by atoms with Gasteiger partial charge in [-0.25, -0.2) is 4.98 Å². The van der Waals surface area contributed by atoms with Crippen LogP contribution in [0.3, 0.4) is 0 Å². The van der Waals surface area contributed by atoms with E-state index in [9.17, 15) is 4.79 Å². The van der Waals surface area contributed by atoms with Crippen molar-refractivity contribution in [3.63, 3.8) is 0 Å². The number of hydrogen-bond donors (Lipinski definition) is 0. The number of benzene rings is 2. The van der Waals surface area contributed by atoms with Crippen LogP contribution in [0.5, 0.6) is 5.75 Å². The summed E-state index contributed by atoms with van der Waals surface area (Å²) in [6.07, 6.45) is 3.08. The number of thioether (sulfide) groups is 1. The molecule has 5 aromatic rings. The Morgan fingerprint density at radius 3 is 2.85 bits per heavy atom. The van der Waals surface area contributed by atoms with Crippen molar-refractivity contribution in [2.24, 2.45) is 0 Å². The highest BCUT2D eigenvalue weighted by atomic mass is 32.2. The highest BCUT2D eigenvalue weighted by Gasteiger charge is 2.24. The van der Waals surface area contributed by atoms with Gasteiger partial charge in [0, 0.05) is 10.4 Å². The fraction of sp³-hybridized carbons (Fsp3) is 0.200. The van der Waals surface area contributed by atoms with Gasteiger partial charge in [0.25, 0.3) is 5.56 Å². The van der Waals surface area contributed by atoms with Crippen LogP contribution in [0.4, 0.5) is 0 Å². The molecule has 0 fully saturated rings. The van der Waals surface area contributed by atoms with Crippen LogP contribution >= 0.6 is 23.1 Å². The van der Waals surface area contributed by atoms with Crippen LogP contribution in [0.2, 0.25) is 0 Å². The molecule has 0 spiro atoms. The van der Waals surface area contributed by atoms with Crippen LogP contribution in [0.25, 0.3) is 27.3 Å². The maximum atomic E-state index is 13.7. The number of hydrogen-bond acceptors (Lipinski definition) is 8. The van der Waals surface area contributed by atoms with Crippen LogP contribution in [-0.4, -0.2) is 26.8 Å². The quantitative estimate of drug-likeness (QED) is 0.237. The number of fused-ring (bicyclic) bond motifs is 3. The lowest BCUT2D eigenvalue weighted by atomic mass is 10.2. The van der Waals surface area contributed by atoms with Crippen LogP contribution < -0.4 is 10.3 Å². The van der Waals surface area contributed by atoms with Crippen molar-refractivity contribution in [2.45, 2.75) is 30.2 Å². The molecule has 0 radical (unpaired) electrons. The number of para-hydroxylation sites is 1. The fourth-order valence-corrected chi connectivity index (χ4v) is 6.40. The van der Waals surface area contributed by atoms with Gasteiger partial charge in [-0.1, -0.05) is 47.3 Å². The maximum Gasteiger partial charge on any atom is 0.267 e. The Hall–Kier alpha value is -3.43. The zero-order valence-electron chi connectivity index (χ0n) is 18.4. The number of rotatable bonds is 6. The second-order valence-corrected chi connectivity index (χ2v) is 9.97. The van der Waals surface area contributed by atoms with E-state index in [4.69, 9.17) is 14.2 Å². The second kappa shape index (κ2) is 8.73. The summed E-state index contributed by atoms with van der Waals surface area (Å²) < 4.78 is 12.5. The molecule has 1 aliphatic carbocycles. The van der Waals surface area contributed by atoms with E-state index in [2.05, 4.69) is 10.1 Å². The number of ether oxygens (including phenoxy) is 1. The highest BCUT2D eigenvalue weighted by Crippen LogP contribution is 2.36. The number of methoxy groups -OCH3 is 1. The van der Waals surface area contributed by atoms with Crippen molar-refractivity contribution in [1.29, 1.82) is 0 Å². The van der Waals surface area contributed by atoms with Gasteiger partial charge in [0.05, 0.1) is 23.9 Å². The summed E-state index contributed by atoms with van der Waals surface area (Å²) in [5.74, 6) is 2.08. The molecule has 9 heteroatoms. The number of thiophene rings is 1. The Labute approximate surface area is 203 Å². The van der Waals surface area contributed by atoms with Gasteiger partial charge in [-0.05, 0) is 49.1 Å². The zero-order chi connectivity index (χ0) is 23.1. The van der Waals surface area contributed by atoms with Crippen molar-refractivity contribution >= 4 is 33.3 Å². The fourth-order valence-electron chi connectivity index (χ4n) is 4.25. The minimum absolute atomic E-state index is 0.0132. The van der Waals surface area contributed by atoms with Gasteiger partial charge in [-0.15, -0.1) is 11.3 Å². The summed E-state index contributed by atoms with van der Waals surface area (Å²) in [6.45, 7) is 0. The molecule has 6 rings (SSSR count). The molecular formula is C25H20N4O3S2. The number of aryl methyl sites for hydroxylation is 2. The standard InChI is InChI=1S/C25H20N4O3S2/c1-31-17-10-5-7-15(13-17)22-26-20(32-28-22)14-33-25-27-23-21(18-11-6-12-19(18)34-23)24(30)29(25)16-8-3-2-4-9-16/h2-5,7-10,13H,6,11-12,14H2,1H3. The molecule has 170 valence electrons. The molecule has 0 saturated carbocycles. The van der Waals surface area contributed by atoms with Gasteiger partial charge < -0.3 is 9.26 Å². The molecule has 0 atom stereocenters. The molecule has 34 heavy (non-hydrogen) atoms. The summed E-state index contributed by atoms with van der Waals surface area (Å²) in [5, 5.41) is 5.50. The summed E-state index contributed by atoms with van der Waals surface area (Å²) in [4.78, 5) is 25.2. The molecule has 0 saturated heterocycles. The molecule has 1 aliphatic rings. The van der Waals surface area contributed by atoms with Crippen LogP contribution in [0, 0.1) is 0 Å². The van der Waals surface area contributed by atoms with Gasteiger partial charge in [-0.2, -0.15) is 4.98 Å². The molecule has 3 aromatic heterocycles. The van der Waals surface area contributed by atoms with Gasteiger partial charge >= 0.3 is 0 Å². The average molecular weight is 489 g/mol. The first-order valence-electron chi connectivity index (χ1n) is 10.9. The average Bonchev–Trinajstić information content (AvgIpc) is 3.59. The molecular weight excluding hydrogens is 468 g/mol. The number of aromatic nitrogens is 4. The first kappa shape index (κ1) is 21.1. The lowest BCUT2D eigenvalue weighted by Gasteiger charge is -2.11. The largest absolute Gasteiger partial charge is 0.497 e. The van der Waals surface area contributed by atoms with Crippen molar-refractivity contribution in [2.75, 3.05) is 7.11 Å². The Morgan fingerprint density at radius 2 is 2.00 bits per heavy atom. The topological polar surface area (TPSA) is 83.0 Å². The third kappa shape index (κ3) is 3.70. The van der Waals surface area contributed by atoms with E-state index in [0.717, 1.165) is 46.5 Å². The minimum Gasteiger partial charge on any atom is -0.497 e. The van der Waals surface area contributed by atoms with E-state index in [-0.39, 0.29) is 5.56 Å². The van der Waals surface area contributed by atoms with Gasteiger partial charge in [0.15, 0.2) is 5.16 Å². The van der Waals surface area contributed by atoms with Gasteiger partial charge in [-0.3, -0.25) is 9.36 Å². The molecule has 0 unspecified atom stereocenters. The predicted octanol–water partition coefficient (Wildman–Crippen LogP) is 5.29. The Bertz CT molecular complexity index is 1560. The monoisotopic (exact) mass is 488 g/mol. The first-order chi connectivity index (χ1) is 16.7. The summed E-state index contributed by atoms with van der Waals surface area (Å²) in [6, 6.07) is 17.2. The van der Waals surface area contributed by atoms with Crippen molar-refractivity contribution < 1.29 is 9.26 Å². The Kier molecular flexibility index (Phi) is 5.43. The third-order valence-electron chi connectivity index (χ3n) is 5.84. The third-order valence-corrected chi connectivity index (χ3v) is 7.95. The van der Waals surface area contributed by atoms with Crippen molar-refractivity contribution in [3.8, 4) is 22.8 Å². The van der Waals surface area contributed by atoms with Gasteiger partial charge in [0.2, 0.25) is 11.7 Å². The molecule has 0 bridgehead atoms. The van der Waals surface area contributed by atoms with E-state index < -0.39 is 0 Å². The van der Waals surface area contributed by atoms with E-state index in [1.54, 1.807) is 23.0 Å². The summed E-state index contributed by atoms with van der Waals surface area (Å²) >= 11 is 3.06. The van der Waals surface area contributed by atoms with E-state index in [1.807, 2.05) is 54.6 Å². The summed E-state index contributed by atoms with van der Waals surface area (Å²) in [7, 11) is 1.62. The summed E-state index contributed by atoms with van der Waals surface area (Å²) in [5.41, 5.74) is 2.78. The molecule has 0 amide bonds. The predicted molar refractivity (Wildman–Crippen MR) is 133 cm³/mol. The van der Waals surface area contributed by atoms with E-state index >= 15 is 0 Å². The lowest BCUT2D eigenvalue weighted by Crippen LogP contribution is -2.21. The maximum absolute atomic E-state index is 13.7. The molecule has 7 nitrogen and oxygen atoms in total. The smallest absolute Gasteiger partial charge is 0.267 e. The molecule has 0 aliphatic heterocycles. The van der Waals surface area contributed by atoms with E-state index in [0.29, 0.717) is 22.6 Å². The van der Waals surface area contributed by atoms with E-state index in [1.165, 1.54) is 22.2 Å². The van der Waals surface area contributed by atoms with Crippen molar-refractivity contribution in [1.82, 2.24) is 19.7 Å². The van der Waals surface area contributed by atoms with Crippen LogP contribution in [-0.2, 0) is 18.6 Å². The molecule has 3 heterocycles. The normalized spacial score (nSPS) is 12.9. The zero-order valence-corrected chi connectivity index (χ0v) is 20.0. The van der Waals surface area contributed by atoms with Crippen LogP contribution in [0.15, 0.2) is 69.1 Å². The van der Waals surface area contributed by atoms with Crippen molar-refractivity contribution in [3.05, 3.63) is 81.3 Å². The van der Waals surface area contributed by atoms with Crippen LogP contribution in [0.1, 0.15) is 22.8 Å². The Balaban J connectivity index is 1.36. The number of nitrogens with zero attached hydrogens (tertiary/aromatic N) is 4. The lowest BCUT2D eigenvalue weighted by molar-refractivity contribution is 0.391. The SMILES string of the molecule is COc1cccc(-c2noc(CSc3nc4sc5c(c4c(=O)n3-c3ccccc3)CCC5)n2)c1.